The van der Waals surface area contributed by atoms with Crippen molar-refractivity contribution in [2.75, 3.05) is 0 Å². The zero-order valence-electron chi connectivity index (χ0n) is 9.04. The number of ketones is 1. The van der Waals surface area contributed by atoms with E-state index < -0.39 is 0 Å². The highest BCUT2D eigenvalue weighted by Crippen LogP contribution is 2.25. The van der Waals surface area contributed by atoms with Crippen LogP contribution in [-0.2, 0) is 6.42 Å². The molecule has 0 aromatic carbocycles. The molecule has 2 rings (SSSR count). The molecule has 0 saturated heterocycles. The van der Waals surface area contributed by atoms with E-state index in [1.54, 1.807) is 17.4 Å². The monoisotopic (exact) mass is 298 g/mol. The van der Waals surface area contributed by atoms with Crippen molar-refractivity contribution in [3.63, 3.8) is 0 Å². The maximum absolute atomic E-state index is 12.0. The molecule has 2 nitrogen and oxygen atoms in total. The van der Waals surface area contributed by atoms with Crippen LogP contribution in [0.3, 0.4) is 0 Å². The highest BCUT2D eigenvalue weighted by molar-refractivity contribution is 9.10. The lowest BCUT2D eigenvalue weighted by Crippen LogP contribution is -2.02. The van der Waals surface area contributed by atoms with E-state index in [1.807, 2.05) is 25.3 Å². The van der Waals surface area contributed by atoms with Crippen LogP contribution in [0.4, 0.5) is 0 Å². The molecule has 2 aromatic rings. The van der Waals surface area contributed by atoms with E-state index in [0.29, 0.717) is 17.7 Å². The maximum Gasteiger partial charge on any atom is 0.171 e. The minimum absolute atomic E-state index is 0.109. The summed E-state index contributed by atoms with van der Waals surface area (Å²) in [5.74, 6) is 1.60. The van der Waals surface area contributed by atoms with Gasteiger partial charge in [0.1, 0.15) is 11.5 Å². The second-order valence-corrected chi connectivity index (χ2v) is 5.47. The van der Waals surface area contributed by atoms with Gasteiger partial charge >= 0.3 is 0 Å². The molecule has 4 heteroatoms. The maximum atomic E-state index is 12.0. The standard InChI is InChI=1S/C12H11BrO2S/c1-7-5-9(8(2)15-7)11(14)6-12-10(13)3-4-16-12/h3-5H,6H2,1-2H3. The number of furan rings is 1. The Balaban J connectivity index is 2.21. The van der Waals surface area contributed by atoms with Gasteiger partial charge in [-0.2, -0.15) is 0 Å². The van der Waals surface area contributed by atoms with Gasteiger partial charge in [-0.1, -0.05) is 0 Å². The van der Waals surface area contributed by atoms with Crippen LogP contribution < -0.4 is 0 Å². The molecule has 0 bridgehead atoms. The van der Waals surface area contributed by atoms with Gasteiger partial charge in [-0.3, -0.25) is 4.79 Å². The van der Waals surface area contributed by atoms with Gasteiger partial charge in [0, 0.05) is 15.8 Å². The molecule has 0 unspecified atom stereocenters. The fourth-order valence-electron chi connectivity index (χ4n) is 1.60. The lowest BCUT2D eigenvalue weighted by Gasteiger charge is -1.97. The van der Waals surface area contributed by atoms with Crippen molar-refractivity contribution >= 4 is 33.0 Å². The number of hydrogen-bond donors (Lipinski definition) is 0. The number of hydrogen-bond acceptors (Lipinski definition) is 3. The van der Waals surface area contributed by atoms with E-state index in [0.717, 1.165) is 15.1 Å². The molecule has 0 radical (unpaired) electrons. The largest absolute Gasteiger partial charge is 0.466 e. The summed E-state index contributed by atoms with van der Waals surface area (Å²) in [5.41, 5.74) is 0.692. The molecule has 2 aromatic heterocycles. The summed E-state index contributed by atoms with van der Waals surface area (Å²) < 4.78 is 6.36. The number of rotatable bonds is 3. The van der Waals surface area contributed by atoms with Gasteiger partial charge < -0.3 is 4.42 Å². The van der Waals surface area contributed by atoms with Crippen LogP contribution in [-0.4, -0.2) is 5.78 Å². The van der Waals surface area contributed by atoms with Crippen molar-refractivity contribution in [1.29, 1.82) is 0 Å². The summed E-state index contributed by atoms with van der Waals surface area (Å²) in [6, 6.07) is 3.76. The third kappa shape index (κ3) is 2.28. The van der Waals surface area contributed by atoms with Crippen molar-refractivity contribution in [3.8, 4) is 0 Å². The first kappa shape index (κ1) is 11.6. The van der Waals surface area contributed by atoms with Crippen LogP contribution in [0.2, 0.25) is 0 Å². The quantitative estimate of drug-likeness (QED) is 0.797. The van der Waals surface area contributed by atoms with Gasteiger partial charge in [0.2, 0.25) is 0 Å². The summed E-state index contributed by atoms with van der Waals surface area (Å²) >= 11 is 5.01. The van der Waals surface area contributed by atoms with Crippen LogP contribution >= 0.6 is 27.3 Å². The number of halogens is 1. The zero-order valence-corrected chi connectivity index (χ0v) is 11.4. The first-order valence-electron chi connectivity index (χ1n) is 4.90. The van der Waals surface area contributed by atoms with Crippen molar-refractivity contribution in [1.82, 2.24) is 0 Å². The highest BCUT2D eigenvalue weighted by Gasteiger charge is 2.15. The van der Waals surface area contributed by atoms with Gasteiger partial charge in [-0.15, -0.1) is 11.3 Å². The molecular formula is C12H11BrO2S. The van der Waals surface area contributed by atoms with E-state index in [4.69, 9.17) is 4.42 Å². The first-order valence-corrected chi connectivity index (χ1v) is 6.57. The molecule has 0 amide bonds. The average Bonchev–Trinajstić information content (AvgIpc) is 2.74. The van der Waals surface area contributed by atoms with Gasteiger partial charge in [0.05, 0.1) is 5.56 Å². The smallest absolute Gasteiger partial charge is 0.171 e. The van der Waals surface area contributed by atoms with Crippen molar-refractivity contribution < 1.29 is 9.21 Å². The van der Waals surface area contributed by atoms with Crippen LogP contribution in [0, 0.1) is 13.8 Å². The van der Waals surface area contributed by atoms with Crippen molar-refractivity contribution in [2.24, 2.45) is 0 Å². The van der Waals surface area contributed by atoms with Crippen LogP contribution in [0.25, 0.3) is 0 Å². The lowest BCUT2D eigenvalue weighted by atomic mass is 10.1. The minimum Gasteiger partial charge on any atom is -0.466 e. The van der Waals surface area contributed by atoms with E-state index in [1.165, 1.54) is 0 Å². The van der Waals surface area contributed by atoms with E-state index in [-0.39, 0.29) is 5.78 Å². The Kier molecular flexibility index (Phi) is 3.30. The Morgan fingerprint density at radius 1 is 1.50 bits per heavy atom. The Bertz CT molecular complexity index is 525. The second-order valence-electron chi connectivity index (χ2n) is 3.62. The summed E-state index contributed by atoms with van der Waals surface area (Å²) in [6.45, 7) is 3.68. The minimum atomic E-state index is 0.109. The lowest BCUT2D eigenvalue weighted by molar-refractivity contribution is 0.0992. The zero-order chi connectivity index (χ0) is 11.7. The average molecular weight is 299 g/mol. The summed E-state index contributed by atoms with van der Waals surface area (Å²) in [6.07, 6.45) is 0.429. The van der Waals surface area contributed by atoms with E-state index in [9.17, 15) is 4.79 Å². The first-order chi connectivity index (χ1) is 7.58. The molecule has 84 valence electrons. The molecule has 0 spiro atoms. The van der Waals surface area contributed by atoms with Gasteiger partial charge in [0.25, 0.3) is 0 Å². The molecule has 16 heavy (non-hydrogen) atoms. The number of carbonyl (C=O) groups excluding carboxylic acids is 1. The molecule has 0 aliphatic heterocycles. The third-order valence-corrected chi connectivity index (χ3v) is 4.28. The fourth-order valence-corrected chi connectivity index (χ4v) is 3.09. The van der Waals surface area contributed by atoms with E-state index in [2.05, 4.69) is 15.9 Å². The number of aryl methyl sites for hydroxylation is 2. The molecule has 0 aliphatic rings. The number of carbonyl (C=O) groups is 1. The Morgan fingerprint density at radius 3 is 2.75 bits per heavy atom. The van der Waals surface area contributed by atoms with Gasteiger partial charge in [0.15, 0.2) is 5.78 Å². The fraction of sp³-hybridized carbons (Fsp3) is 0.250. The van der Waals surface area contributed by atoms with Crippen LogP contribution in [0.15, 0.2) is 26.4 Å². The summed E-state index contributed by atoms with van der Waals surface area (Å²) in [5, 5.41) is 1.97. The highest BCUT2D eigenvalue weighted by atomic mass is 79.9. The van der Waals surface area contributed by atoms with Gasteiger partial charge in [-0.25, -0.2) is 0 Å². The predicted octanol–water partition coefficient (Wildman–Crippen LogP) is 4.15. The Hall–Kier alpha value is -0.870. The summed E-state index contributed by atoms with van der Waals surface area (Å²) in [4.78, 5) is 13.1. The van der Waals surface area contributed by atoms with Crippen molar-refractivity contribution in [3.05, 3.63) is 43.9 Å². The molecular weight excluding hydrogens is 288 g/mol. The normalized spacial score (nSPS) is 10.7. The second kappa shape index (κ2) is 4.55. The predicted molar refractivity (Wildman–Crippen MR) is 68.2 cm³/mol. The Morgan fingerprint density at radius 2 is 2.25 bits per heavy atom. The number of thiophene rings is 1. The van der Waals surface area contributed by atoms with Crippen molar-refractivity contribution in [2.45, 2.75) is 20.3 Å². The molecule has 0 aliphatic carbocycles. The number of Topliss-reactive ketones (excluding diaryl/α,β-unsaturated/α-hetero) is 1. The van der Waals surface area contributed by atoms with Gasteiger partial charge in [-0.05, 0) is 47.3 Å². The summed E-state index contributed by atoms with van der Waals surface area (Å²) in [7, 11) is 0. The molecule has 2 heterocycles. The molecule has 0 fully saturated rings. The Labute approximate surface area is 106 Å². The SMILES string of the molecule is Cc1cc(C(=O)Cc2sccc2Br)c(C)o1. The topological polar surface area (TPSA) is 30.2 Å². The molecule has 0 saturated carbocycles. The molecule has 0 atom stereocenters. The third-order valence-electron chi connectivity index (χ3n) is 2.35. The molecule has 0 N–H and O–H groups in total. The van der Waals surface area contributed by atoms with Crippen LogP contribution in [0.5, 0.6) is 0 Å². The van der Waals surface area contributed by atoms with E-state index >= 15 is 0 Å². The van der Waals surface area contributed by atoms with Crippen LogP contribution in [0.1, 0.15) is 26.8 Å².